The molecule has 0 N–H and O–H groups in total. The van der Waals surface area contributed by atoms with Gasteiger partial charge in [-0.2, -0.15) is 4.58 Å². The van der Waals surface area contributed by atoms with Gasteiger partial charge in [-0.05, 0) is 91.8 Å². The molecule has 2 aliphatic heterocycles. The second kappa shape index (κ2) is 12.4. The summed E-state index contributed by atoms with van der Waals surface area (Å²) in [5, 5.41) is 5.40. The zero-order chi connectivity index (χ0) is 31.9. The molecule has 1 unspecified atom stereocenters. The Hall–Kier alpha value is -3.91. The maximum atomic E-state index is 2.66. The summed E-state index contributed by atoms with van der Waals surface area (Å²) < 4.78 is 2.66. The smallest absolute Gasteiger partial charge is 0.210 e. The maximum Gasteiger partial charge on any atom is 0.210 e. The van der Waals surface area contributed by atoms with E-state index in [0.717, 1.165) is 18.9 Å². The first-order valence-electron chi connectivity index (χ1n) is 17.8. The summed E-state index contributed by atoms with van der Waals surface area (Å²) >= 11 is 0. The average molecular weight is 608 g/mol. The predicted molar refractivity (Wildman–Crippen MR) is 199 cm³/mol. The van der Waals surface area contributed by atoms with Gasteiger partial charge in [-0.25, -0.2) is 0 Å². The minimum atomic E-state index is -0.114. The summed E-state index contributed by atoms with van der Waals surface area (Å²) in [5.41, 5.74) is 8.20. The van der Waals surface area contributed by atoms with E-state index in [9.17, 15) is 0 Å². The van der Waals surface area contributed by atoms with E-state index in [1.54, 1.807) is 0 Å². The second-order valence-electron chi connectivity index (χ2n) is 14.7. The number of likely N-dealkylation sites (N-methyl/N-ethyl adjacent to an activating group) is 1. The van der Waals surface area contributed by atoms with Gasteiger partial charge in [-0.15, -0.1) is 0 Å². The number of nitrogens with zero attached hydrogens (tertiary/aromatic N) is 2. The Morgan fingerprint density at radius 3 is 2.22 bits per heavy atom. The van der Waals surface area contributed by atoms with Gasteiger partial charge in [-0.3, -0.25) is 0 Å². The lowest BCUT2D eigenvalue weighted by molar-refractivity contribution is -0.438. The number of hydrogen-bond donors (Lipinski definition) is 0. The van der Waals surface area contributed by atoms with E-state index >= 15 is 0 Å². The molecule has 0 aromatic heterocycles. The third kappa shape index (κ3) is 5.15. The van der Waals surface area contributed by atoms with E-state index in [-0.39, 0.29) is 10.8 Å². The van der Waals surface area contributed by atoms with Gasteiger partial charge in [0, 0.05) is 48.0 Å². The standard InChI is InChI=1S/C44H51N2/c1-6-7-30-44(4)40(45(5)37-28-26-34-21-11-13-23-36(34)42(37)44)25-16-24-39-43(2,3)41-35-22-12-10-20-33(35)27-29-38(41)46(39)31-15-14-19-32-17-8-9-18-32/h6-7,10-13,16,20-29,32H,8-9,14-15,17-19,30-31H2,1-5H3/q+1/b7-6+. The number of allylic oxidation sites excluding steroid dienone is 6. The summed E-state index contributed by atoms with van der Waals surface area (Å²) in [6.07, 6.45) is 22.4. The first-order chi connectivity index (χ1) is 22.3. The highest BCUT2D eigenvalue weighted by Gasteiger charge is 2.46. The quantitative estimate of drug-likeness (QED) is 0.104. The molecule has 1 aliphatic carbocycles. The van der Waals surface area contributed by atoms with Crippen LogP contribution in [-0.2, 0) is 10.8 Å². The molecular formula is C44H51N2+. The molecule has 4 aromatic carbocycles. The first kappa shape index (κ1) is 30.7. The van der Waals surface area contributed by atoms with E-state index in [1.165, 1.54) is 100 Å². The van der Waals surface area contributed by atoms with Crippen molar-refractivity contribution in [2.75, 3.05) is 18.5 Å². The molecule has 4 aromatic rings. The molecule has 3 aliphatic rings. The van der Waals surface area contributed by atoms with Gasteiger partial charge in [0.2, 0.25) is 5.69 Å². The lowest BCUT2D eigenvalue weighted by Gasteiger charge is -2.28. The Labute approximate surface area is 276 Å². The van der Waals surface area contributed by atoms with Crippen LogP contribution in [0.3, 0.4) is 0 Å². The monoisotopic (exact) mass is 607 g/mol. The lowest BCUT2D eigenvalue weighted by atomic mass is 9.76. The van der Waals surface area contributed by atoms with Crippen molar-refractivity contribution < 1.29 is 4.58 Å². The lowest BCUT2D eigenvalue weighted by Crippen LogP contribution is -2.28. The van der Waals surface area contributed by atoms with Crippen molar-refractivity contribution in [2.45, 2.75) is 89.9 Å². The van der Waals surface area contributed by atoms with Gasteiger partial charge < -0.3 is 4.90 Å². The van der Waals surface area contributed by atoms with Crippen LogP contribution in [-0.4, -0.2) is 23.9 Å². The van der Waals surface area contributed by atoms with Crippen molar-refractivity contribution >= 4 is 38.6 Å². The fourth-order valence-electron chi connectivity index (χ4n) is 9.11. The molecule has 1 fully saturated rings. The van der Waals surface area contributed by atoms with Crippen LogP contribution in [0.25, 0.3) is 21.5 Å². The van der Waals surface area contributed by atoms with Gasteiger partial charge in [0.05, 0.1) is 5.41 Å². The average Bonchev–Trinajstić information content (AvgIpc) is 3.72. The van der Waals surface area contributed by atoms with Crippen molar-refractivity contribution in [1.29, 1.82) is 0 Å². The molecule has 1 atom stereocenters. The number of benzene rings is 4. The molecule has 236 valence electrons. The van der Waals surface area contributed by atoms with Gasteiger partial charge in [0.15, 0.2) is 5.71 Å². The molecule has 2 heteroatoms. The van der Waals surface area contributed by atoms with Gasteiger partial charge in [0.25, 0.3) is 0 Å². The minimum Gasteiger partial charge on any atom is -0.347 e. The molecule has 7 rings (SSSR count). The molecule has 2 heterocycles. The third-order valence-corrected chi connectivity index (χ3v) is 11.5. The highest BCUT2D eigenvalue weighted by Crippen LogP contribution is 2.52. The Morgan fingerprint density at radius 1 is 0.826 bits per heavy atom. The molecular weight excluding hydrogens is 556 g/mol. The summed E-state index contributed by atoms with van der Waals surface area (Å²) in [7, 11) is 2.25. The molecule has 0 spiro atoms. The van der Waals surface area contributed by atoms with E-state index in [4.69, 9.17) is 0 Å². The van der Waals surface area contributed by atoms with Crippen molar-refractivity contribution in [3.05, 3.63) is 120 Å². The van der Waals surface area contributed by atoms with Gasteiger partial charge in [-0.1, -0.05) is 105 Å². The van der Waals surface area contributed by atoms with Crippen LogP contribution >= 0.6 is 0 Å². The van der Waals surface area contributed by atoms with Crippen LogP contribution in [0, 0.1) is 5.92 Å². The molecule has 0 saturated heterocycles. The van der Waals surface area contributed by atoms with Crippen LogP contribution in [0.2, 0.25) is 0 Å². The van der Waals surface area contributed by atoms with Crippen LogP contribution < -0.4 is 4.90 Å². The van der Waals surface area contributed by atoms with Crippen LogP contribution in [0.4, 0.5) is 11.4 Å². The minimum absolute atomic E-state index is 0.0916. The number of hydrogen-bond acceptors (Lipinski definition) is 1. The topological polar surface area (TPSA) is 6.25 Å². The number of fused-ring (bicyclic) bond motifs is 6. The van der Waals surface area contributed by atoms with E-state index in [0.29, 0.717) is 0 Å². The van der Waals surface area contributed by atoms with Crippen molar-refractivity contribution in [3.63, 3.8) is 0 Å². The zero-order valence-electron chi connectivity index (χ0n) is 28.7. The highest BCUT2D eigenvalue weighted by molar-refractivity contribution is 6.07. The number of rotatable bonds is 9. The van der Waals surface area contributed by atoms with E-state index < -0.39 is 0 Å². The SMILES string of the molecule is C/C=C/CC1(C)/C(=C\C=C\C2=[N+](CCCCC3CCCC3)c3ccc4ccccc4c3C2(C)C)N(C)c2ccc3ccccc3c21. The van der Waals surface area contributed by atoms with Crippen LogP contribution in [0.5, 0.6) is 0 Å². The van der Waals surface area contributed by atoms with Crippen molar-refractivity contribution in [2.24, 2.45) is 5.92 Å². The normalized spacial score (nSPS) is 22.0. The number of unbranched alkanes of at least 4 members (excludes halogenated alkanes) is 1. The molecule has 2 nitrogen and oxygen atoms in total. The predicted octanol–water partition coefficient (Wildman–Crippen LogP) is 11.5. The molecule has 0 amide bonds. The van der Waals surface area contributed by atoms with Crippen LogP contribution in [0.1, 0.15) is 90.2 Å². The third-order valence-electron chi connectivity index (χ3n) is 11.5. The van der Waals surface area contributed by atoms with Crippen molar-refractivity contribution in [1.82, 2.24) is 0 Å². The van der Waals surface area contributed by atoms with Crippen molar-refractivity contribution in [3.8, 4) is 0 Å². The van der Waals surface area contributed by atoms with Crippen LogP contribution in [0.15, 0.2) is 109 Å². The Bertz CT molecular complexity index is 1890. The zero-order valence-corrected chi connectivity index (χ0v) is 28.7. The fraction of sp³-hybridized carbons (Fsp3) is 0.386. The largest absolute Gasteiger partial charge is 0.347 e. The fourth-order valence-corrected chi connectivity index (χ4v) is 9.11. The molecule has 0 bridgehead atoms. The second-order valence-corrected chi connectivity index (χ2v) is 14.7. The molecule has 46 heavy (non-hydrogen) atoms. The molecule has 0 radical (unpaired) electrons. The highest BCUT2D eigenvalue weighted by atomic mass is 15.2. The summed E-state index contributed by atoms with van der Waals surface area (Å²) in [6.45, 7) is 10.5. The summed E-state index contributed by atoms with van der Waals surface area (Å²) in [4.78, 5) is 2.43. The molecule has 1 saturated carbocycles. The van der Waals surface area contributed by atoms with Gasteiger partial charge in [0.1, 0.15) is 6.54 Å². The summed E-state index contributed by atoms with van der Waals surface area (Å²) in [5.74, 6) is 0.961. The number of anilines is 1. The Balaban J connectivity index is 1.28. The maximum absolute atomic E-state index is 2.66. The Morgan fingerprint density at radius 2 is 1.50 bits per heavy atom. The Kier molecular flexibility index (Phi) is 8.26. The first-order valence-corrected chi connectivity index (χ1v) is 17.8. The van der Waals surface area contributed by atoms with E-state index in [1.807, 2.05) is 0 Å². The van der Waals surface area contributed by atoms with E-state index in [2.05, 4.69) is 147 Å². The summed E-state index contributed by atoms with van der Waals surface area (Å²) in [6, 6.07) is 27.1. The van der Waals surface area contributed by atoms with Gasteiger partial charge >= 0.3 is 0 Å².